The van der Waals surface area contributed by atoms with Crippen molar-refractivity contribution in [1.29, 1.82) is 0 Å². The van der Waals surface area contributed by atoms with Gasteiger partial charge in [0.2, 0.25) is 0 Å². The van der Waals surface area contributed by atoms with Gasteiger partial charge in [-0.2, -0.15) is 0 Å². The molecule has 0 saturated heterocycles. The van der Waals surface area contributed by atoms with Crippen LogP contribution < -0.4 is 11.3 Å². The van der Waals surface area contributed by atoms with Crippen LogP contribution in [0.1, 0.15) is 17.2 Å². The Hall–Kier alpha value is -0.580. The Morgan fingerprint density at radius 3 is 2.38 bits per heavy atom. The number of hydrazine groups is 1. The summed E-state index contributed by atoms with van der Waals surface area (Å²) in [5, 5.41) is 0. The molecule has 0 bridgehead atoms. The molecule has 84 valence electrons. The minimum atomic E-state index is -0.127. The number of hydrogen-bond acceptors (Lipinski definition) is 3. The summed E-state index contributed by atoms with van der Waals surface area (Å²) in [6, 6.07) is 11.6. The van der Waals surface area contributed by atoms with Crippen LogP contribution in [-0.2, 0) is 0 Å². The predicted molar refractivity (Wildman–Crippen MR) is 69.9 cm³/mol. The molecule has 0 amide bonds. The van der Waals surface area contributed by atoms with Gasteiger partial charge in [-0.15, -0.1) is 11.3 Å². The van der Waals surface area contributed by atoms with E-state index in [9.17, 15) is 0 Å². The maximum Gasteiger partial charge on any atom is 0.0995 e. The summed E-state index contributed by atoms with van der Waals surface area (Å²) in [6.45, 7) is 0. The SMILES string of the molecule is NNC(c1ccccc1)c1cc(Cl)sc1Cl. The maximum atomic E-state index is 6.11. The molecule has 2 nitrogen and oxygen atoms in total. The van der Waals surface area contributed by atoms with Gasteiger partial charge in [-0.25, -0.2) is 5.43 Å². The summed E-state index contributed by atoms with van der Waals surface area (Å²) in [5.41, 5.74) is 4.72. The summed E-state index contributed by atoms with van der Waals surface area (Å²) in [5.74, 6) is 5.57. The summed E-state index contributed by atoms with van der Waals surface area (Å²) < 4.78 is 1.33. The number of nitrogens with one attached hydrogen (secondary N) is 1. The summed E-state index contributed by atoms with van der Waals surface area (Å²) in [6.07, 6.45) is 0. The molecule has 2 aromatic rings. The van der Waals surface area contributed by atoms with Crippen LogP contribution in [0.25, 0.3) is 0 Å². The van der Waals surface area contributed by atoms with Crippen molar-refractivity contribution in [3.05, 3.63) is 56.2 Å². The van der Waals surface area contributed by atoms with E-state index in [0.717, 1.165) is 11.1 Å². The molecule has 1 atom stereocenters. The fourth-order valence-electron chi connectivity index (χ4n) is 1.56. The van der Waals surface area contributed by atoms with E-state index >= 15 is 0 Å². The number of nitrogens with two attached hydrogens (primary N) is 1. The van der Waals surface area contributed by atoms with Crippen LogP contribution in [0.3, 0.4) is 0 Å². The molecule has 3 N–H and O–H groups in total. The number of rotatable bonds is 3. The van der Waals surface area contributed by atoms with Crippen molar-refractivity contribution in [2.45, 2.75) is 6.04 Å². The van der Waals surface area contributed by atoms with Crippen molar-refractivity contribution < 1.29 is 0 Å². The van der Waals surface area contributed by atoms with Gasteiger partial charge in [-0.3, -0.25) is 5.84 Å². The Kier molecular flexibility index (Phi) is 3.84. The zero-order valence-corrected chi connectivity index (χ0v) is 10.6. The molecule has 0 fully saturated rings. The topological polar surface area (TPSA) is 38.0 Å². The molecule has 0 saturated carbocycles. The van der Waals surface area contributed by atoms with Crippen molar-refractivity contribution in [2.75, 3.05) is 0 Å². The van der Waals surface area contributed by atoms with Crippen molar-refractivity contribution in [3.8, 4) is 0 Å². The molecule has 0 radical (unpaired) electrons. The molecule has 0 aliphatic rings. The molecule has 5 heteroatoms. The quantitative estimate of drug-likeness (QED) is 0.662. The highest BCUT2D eigenvalue weighted by atomic mass is 35.5. The highest BCUT2D eigenvalue weighted by molar-refractivity contribution is 7.20. The van der Waals surface area contributed by atoms with E-state index in [2.05, 4.69) is 5.43 Å². The summed E-state index contributed by atoms with van der Waals surface area (Å²) in [7, 11) is 0. The van der Waals surface area contributed by atoms with Crippen molar-refractivity contribution in [3.63, 3.8) is 0 Å². The molecular weight excluding hydrogens is 263 g/mol. The van der Waals surface area contributed by atoms with Crippen LogP contribution in [0.4, 0.5) is 0 Å². The molecule has 1 heterocycles. The zero-order chi connectivity index (χ0) is 11.5. The van der Waals surface area contributed by atoms with E-state index in [1.807, 2.05) is 36.4 Å². The van der Waals surface area contributed by atoms with E-state index in [-0.39, 0.29) is 6.04 Å². The third-order valence-electron chi connectivity index (χ3n) is 2.29. The molecule has 0 aliphatic heterocycles. The largest absolute Gasteiger partial charge is 0.271 e. The van der Waals surface area contributed by atoms with Crippen molar-refractivity contribution >= 4 is 34.5 Å². The monoisotopic (exact) mass is 272 g/mol. The average Bonchev–Trinajstić information content (AvgIpc) is 2.61. The lowest BCUT2D eigenvalue weighted by Crippen LogP contribution is -2.28. The van der Waals surface area contributed by atoms with Crippen LogP contribution in [0.15, 0.2) is 36.4 Å². The molecule has 0 aliphatic carbocycles. The lowest BCUT2D eigenvalue weighted by molar-refractivity contribution is 0.639. The van der Waals surface area contributed by atoms with Crippen LogP contribution in [-0.4, -0.2) is 0 Å². The van der Waals surface area contributed by atoms with E-state index in [1.165, 1.54) is 11.3 Å². The molecule has 0 spiro atoms. The van der Waals surface area contributed by atoms with E-state index in [1.54, 1.807) is 0 Å². The van der Waals surface area contributed by atoms with Gasteiger partial charge >= 0.3 is 0 Å². The normalized spacial score (nSPS) is 12.7. The lowest BCUT2D eigenvalue weighted by atomic mass is 10.0. The minimum absolute atomic E-state index is 0.127. The predicted octanol–water partition coefficient (Wildman–Crippen LogP) is 3.61. The zero-order valence-electron chi connectivity index (χ0n) is 8.28. The number of benzene rings is 1. The first-order chi connectivity index (χ1) is 7.72. The number of halogens is 2. The average molecular weight is 273 g/mol. The second-order valence-corrected chi connectivity index (χ2v) is 5.58. The van der Waals surface area contributed by atoms with Gasteiger partial charge in [0.25, 0.3) is 0 Å². The Labute approximate surface area is 108 Å². The second kappa shape index (κ2) is 5.17. The first-order valence-electron chi connectivity index (χ1n) is 4.68. The van der Waals surface area contributed by atoms with Crippen LogP contribution in [0.5, 0.6) is 0 Å². The summed E-state index contributed by atoms with van der Waals surface area (Å²) in [4.78, 5) is 0. The highest BCUT2D eigenvalue weighted by Gasteiger charge is 2.17. The maximum absolute atomic E-state index is 6.11. The van der Waals surface area contributed by atoms with Gasteiger partial charge in [-0.1, -0.05) is 53.5 Å². The van der Waals surface area contributed by atoms with Crippen molar-refractivity contribution in [2.24, 2.45) is 5.84 Å². The van der Waals surface area contributed by atoms with Gasteiger partial charge in [0.05, 0.1) is 14.7 Å². The van der Waals surface area contributed by atoms with Crippen LogP contribution in [0.2, 0.25) is 8.67 Å². The van der Waals surface area contributed by atoms with Gasteiger partial charge in [0, 0.05) is 5.56 Å². The number of hydrogen-bond donors (Lipinski definition) is 2. The fourth-order valence-corrected chi connectivity index (χ4v) is 3.09. The molecule has 1 aromatic heterocycles. The molecular formula is C11H10Cl2N2S. The summed E-state index contributed by atoms with van der Waals surface area (Å²) >= 11 is 13.4. The minimum Gasteiger partial charge on any atom is -0.271 e. The van der Waals surface area contributed by atoms with Gasteiger partial charge in [-0.05, 0) is 11.6 Å². The first-order valence-corrected chi connectivity index (χ1v) is 6.25. The molecule has 2 rings (SSSR count). The smallest absolute Gasteiger partial charge is 0.0995 e. The standard InChI is InChI=1S/C11H10Cl2N2S/c12-9-6-8(11(13)16-9)10(15-14)7-4-2-1-3-5-7/h1-6,10,15H,14H2. The third-order valence-corrected chi connectivity index (χ3v) is 3.81. The van der Waals surface area contributed by atoms with Gasteiger partial charge in [0.1, 0.15) is 0 Å². The molecule has 1 unspecified atom stereocenters. The van der Waals surface area contributed by atoms with Crippen LogP contribution >= 0.6 is 34.5 Å². The Bertz CT molecular complexity index is 470. The van der Waals surface area contributed by atoms with Gasteiger partial charge < -0.3 is 0 Å². The third kappa shape index (κ3) is 2.39. The van der Waals surface area contributed by atoms with E-state index in [0.29, 0.717) is 8.67 Å². The highest BCUT2D eigenvalue weighted by Crippen LogP contribution is 2.36. The first kappa shape index (κ1) is 11.9. The van der Waals surface area contributed by atoms with E-state index in [4.69, 9.17) is 29.0 Å². The number of thiophene rings is 1. The Morgan fingerprint density at radius 2 is 1.88 bits per heavy atom. The van der Waals surface area contributed by atoms with Gasteiger partial charge in [0.15, 0.2) is 0 Å². The Morgan fingerprint density at radius 1 is 1.19 bits per heavy atom. The van der Waals surface area contributed by atoms with Crippen molar-refractivity contribution in [1.82, 2.24) is 5.43 Å². The molecule has 16 heavy (non-hydrogen) atoms. The van der Waals surface area contributed by atoms with Crippen LogP contribution in [0, 0.1) is 0 Å². The molecule has 1 aromatic carbocycles. The second-order valence-electron chi connectivity index (χ2n) is 3.29. The Balaban J connectivity index is 2.40. The lowest BCUT2D eigenvalue weighted by Gasteiger charge is -2.15. The van der Waals surface area contributed by atoms with E-state index < -0.39 is 0 Å². The fraction of sp³-hybridized carbons (Fsp3) is 0.0909.